The second kappa shape index (κ2) is 6.60. The van der Waals surface area contributed by atoms with Gasteiger partial charge in [-0.2, -0.15) is 10.1 Å². The first kappa shape index (κ1) is 15.1. The zero-order chi connectivity index (χ0) is 17.1. The van der Waals surface area contributed by atoms with Crippen molar-refractivity contribution >= 4 is 0 Å². The van der Waals surface area contributed by atoms with Crippen molar-refractivity contribution in [3.8, 4) is 28.4 Å². The topological polar surface area (TPSA) is 76.8 Å². The number of ether oxygens (including phenoxy) is 1. The van der Waals surface area contributed by atoms with Crippen molar-refractivity contribution in [1.29, 1.82) is 0 Å². The lowest BCUT2D eigenvalue weighted by atomic mass is 10.1. The van der Waals surface area contributed by atoms with Crippen LogP contribution in [0.15, 0.2) is 65.3 Å². The molecule has 4 aromatic rings. The molecule has 0 saturated carbocycles. The maximum atomic E-state index is 5.67. The highest BCUT2D eigenvalue weighted by molar-refractivity contribution is 5.67. The Hall–Kier alpha value is -3.41. The molecule has 0 atom stereocenters. The standard InChI is InChI=1S/C19H16N4O2/c1-13-5-7-16(8-6-13)24-12-18-21-19(23-25-18)15-4-2-3-14(11-15)17-9-10-20-22-17/h2-11H,12H2,1H3,(H,20,22). The van der Waals surface area contributed by atoms with Gasteiger partial charge in [0.1, 0.15) is 5.75 Å². The van der Waals surface area contributed by atoms with Crippen molar-refractivity contribution in [3.63, 3.8) is 0 Å². The van der Waals surface area contributed by atoms with Gasteiger partial charge in [-0.05, 0) is 31.2 Å². The Kier molecular flexibility index (Phi) is 4.00. The van der Waals surface area contributed by atoms with Gasteiger partial charge in [0.15, 0.2) is 6.61 Å². The Morgan fingerprint density at radius 3 is 2.68 bits per heavy atom. The number of H-pyrrole nitrogens is 1. The molecule has 0 fully saturated rings. The maximum absolute atomic E-state index is 5.67. The summed E-state index contributed by atoms with van der Waals surface area (Å²) in [6, 6.07) is 17.6. The summed E-state index contributed by atoms with van der Waals surface area (Å²) in [6.07, 6.45) is 1.72. The third kappa shape index (κ3) is 3.42. The SMILES string of the molecule is Cc1ccc(OCc2nc(-c3cccc(-c4ccn[nH]4)c3)no2)cc1. The molecule has 0 radical (unpaired) electrons. The summed E-state index contributed by atoms with van der Waals surface area (Å²) < 4.78 is 11.0. The molecule has 2 aromatic heterocycles. The van der Waals surface area contributed by atoms with E-state index >= 15 is 0 Å². The number of benzene rings is 2. The second-order valence-electron chi connectivity index (χ2n) is 5.66. The van der Waals surface area contributed by atoms with Crippen LogP contribution in [0, 0.1) is 6.92 Å². The van der Waals surface area contributed by atoms with E-state index in [1.807, 2.05) is 61.5 Å². The summed E-state index contributed by atoms with van der Waals surface area (Å²) in [7, 11) is 0. The van der Waals surface area contributed by atoms with E-state index in [0.29, 0.717) is 11.7 Å². The van der Waals surface area contributed by atoms with Gasteiger partial charge in [0.2, 0.25) is 5.82 Å². The number of aromatic nitrogens is 4. The highest BCUT2D eigenvalue weighted by Crippen LogP contribution is 2.23. The van der Waals surface area contributed by atoms with E-state index in [4.69, 9.17) is 9.26 Å². The predicted octanol–water partition coefficient (Wildman–Crippen LogP) is 4.01. The van der Waals surface area contributed by atoms with Crippen molar-refractivity contribution in [3.05, 3.63) is 72.2 Å². The minimum absolute atomic E-state index is 0.232. The van der Waals surface area contributed by atoms with E-state index in [9.17, 15) is 0 Å². The Balaban J connectivity index is 1.49. The van der Waals surface area contributed by atoms with Crippen molar-refractivity contribution in [2.24, 2.45) is 0 Å². The lowest BCUT2D eigenvalue weighted by Crippen LogP contribution is -1.95. The molecule has 4 rings (SSSR count). The predicted molar refractivity (Wildman–Crippen MR) is 92.8 cm³/mol. The molecule has 6 heteroatoms. The number of hydrogen-bond acceptors (Lipinski definition) is 5. The van der Waals surface area contributed by atoms with Gasteiger partial charge in [0, 0.05) is 17.3 Å². The molecule has 2 heterocycles. The molecule has 0 unspecified atom stereocenters. The zero-order valence-electron chi connectivity index (χ0n) is 13.6. The normalized spacial score (nSPS) is 10.8. The fourth-order valence-corrected chi connectivity index (χ4v) is 2.45. The van der Waals surface area contributed by atoms with Crippen LogP contribution in [0.1, 0.15) is 11.5 Å². The number of rotatable bonds is 5. The monoisotopic (exact) mass is 332 g/mol. The second-order valence-corrected chi connectivity index (χ2v) is 5.66. The van der Waals surface area contributed by atoms with Gasteiger partial charge >= 0.3 is 0 Å². The van der Waals surface area contributed by atoms with E-state index < -0.39 is 0 Å². The van der Waals surface area contributed by atoms with Crippen molar-refractivity contribution < 1.29 is 9.26 Å². The number of aromatic amines is 1. The van der Waals surface area contributed by atoms with Gasteiger partial charge in [-0.15, -0.1) is 0 Å². The Morgan fingerprint density at radius 1 is 1.04 bits per heavy atom. The van der Waals surface area contributed by atoms with Gasteiger partial charge in [-0.3, -0.25) is 5.10 Å². The zero-order valence-corrected chi connectivity index (χ0v) is 13.6. The largest absolute Gasteiger partial charge is 0.484 e. The van der Waals surface area contributed by atoms with Gasteiger partial charge in [-0.25, -0.2) is 0 Å². The lowest BCUT2D eigenvalue weighted by molar-refractivity contribution is 0.243. The molecule has 0 aliphatic heterocycles. The van der Waals surface area contributed by atoms with Gasteiger partial charge in [0.25, 0.3) is 5.89 Å². The lowest BCUT2D eigenvalue weighted by Gasteiger charge is -2.02. The third-order valence-electron chi connectivity index (χ3n) is 3.78. The molecule has 1 N–H and O–H groups in total. The van der Waals surface area contributed by atoms with Crippen LogP contribution < -0.4 is 4.74 Å². The molecule has 6 nitrogen and oxygen atoms in total. The quantitative estimate of drug-likeness (QED) is 0.597. The molecule has 0 spiro atoms. The van der Waals surface area contributed by atoms with Gasteiger partial charge < -0.3 is 9.26 Å². The van der Waals surface area contributed by atoms with Crippen LogP contribution in [0.5, 0.6) is 5.75 Å². The van der Waals surface area contributed by atoms with Crippen LogP contribution in [0.25, 0.3) is 22.6 Å². The van der Waals surface area contributed by atoms with Crippen LogP contribution in [0.3, 0.4) is 0 Å². The summed E-state index contributed by atoms with van der Waals surface area (Å²) in [5.41, 5.74) is 4.01. The molecular weight excluding hydrogens is 316 g/mol. The molecule has 0 amide bonds. The summed E-state index contributed by atoms with van der Waals surface area (Å²) in [4.78, 5) is 4.41. The minimum Gasteiger partial charge on any atom is -0.484 e. The van der Waals surface area contributed by atoms with E-state index in [1.165, 1.54) is 5.56 Å². The number of nitrogens with one attached hydrogen (secondary N) is 1. The van der Waals surface area contributed by atoms with E-state index in [2.05, 4.69) is 20.3 Å². The van der Waals surface area contributed by atoms with E-state index in [0.717, 1.165) is 22.6 Å². The smallest absolute Gasteiger partial charge is 0.264 e. The van der Waals surface area contributed by atoms with Crippen LogP contribution in [0.2, 0.25) is 0 Å². The first-order valence-electron chi connectivity index (χ1n) is 7.90. The fourth-order valence-electron chi connectivity index (χ4n) is 2.45. The highest BCUT2D eigenvalue weighted by Gasteiger charge is 2.10. The van der Waals surface area contributed by atoms with Gasteiger partial charge in [0.05, 0.1) is 5.69 Å². The third-order valence-corrected chi connectivity index (χ3v) is 3.78. The van der Waals surface area contributed by atoms with E-state index in [1.54, 1.807) is 6.20 Å². The molecule has 2 aromatic carbocycles. The Morgan fingerprint density at radius 2 is 1.88 bits per heavy atom. The van der Waals surface area contributed by atoms with Crippen LogP contribution in [-0.4, -0.2) is 20.3 Å². The molecule has 124 valence electrons. The molecule has 0 aliphatic carbocycles. The fraction of sp³-hybridized carbons (Fsp3) is 0.105. The summed E-state index contributed by atoms with van der Waals surface area (Å²) in [5, 5.41) is 11.0. The van der Waals surface area contributed by atoms with Crippen LogP contribution in [-0.2, 0) is 6.61 Å². The first-order valence-corrected chi connectivity index (χ1v) is 7.90. The Labute approximate surface area is 144 Å². The number of hydrogen-bond donors (Lipinski definition) is 1. The maximum Gasteiger partial charge on any atom is 0.264 e. The Bertz CT molecular complexity index is 959. The molecule has 0 saturated heterocycles. The van der Waals surface area contributed by atoms with Gasteiger partial charge in [-0.1, -0.05) is 41.1 Å². The summed E-state index contributed by atoms with van der Waals surface area (Å²) in [6.45, 7) is 2.27. The van der Waals surface area contributed by atoms with Crippen molar-refractivity contribution in [2.75, 3.05) is 0 Å². The summed E-state index contributed by atoms with van der Waals surface area (Å²) >= 11 is 0. The molecule has 25 heavy (non-hydrogen) atoms. The first-order chi connectivity index (χ1) is 12.3. The van der Waals surface area contributed by atoms with Crippen molar-refractivity contribution in [2.45, 2.75) is 13.5 Å². The average molecular weight is 332 g/mol. The summed E-state index contributed by atoms with van der Waals surface area (Å²) in [5.74, 6) is 1.73. The molecule has 0 bridgehead atoms. The minimum atomic E-state index is 0.232. The average Bonchev–Trinajstić information content (AvgIpc) is 3.33. The highest BCUT2D eigenvalue weighted by atomic mass is 16.5. The molecule has 0 aliphatic rings. The van der Waals surface area contributed by atoms with Crippen molar-refractivity contribution in [1.82, 2.24) is 20.3 Å². The molecular formula is C19H16N4O2. The number of nitrogens with zero attached hydrogens (tertiary/aromatic N) is 3. The van der Waals surface area contributed by atoms with Crippen LogP contribution in [0.4, 0.5) is 0 Å². The number of aryl methyl sites for hydroxylation is 1. The van der Waals surface area contributed by atoms with E-state index in [-0.39, 0.29) is 6.61 Å². The van der Waals surface area contributed by atoms with Crippen LogP contribution >= 0.6 is 0 Å².